The molecular formula is C20H22N4O3. The Balaban J connectivity index is 1.53. The van der Waals surface area contributed by atoms with Gasteiger partial charge in [-0.2, -0.15) is 0 Å². The second-order valence-corrected chi connectivity index (χ2v) is 7.01. The quantitative estimate of drug-likeness (QED) is 0.803. The van der Waals surface area contributed by atoms with Gasteiger partial charge in [-0.05, 0) is 37.1 Å². The fraction of sp³-hybridized carbons (Fsp3) is 0.350. The van der Waals surface area contributed by atoms with Crippen molar-refractivity contribution in [1.29, 1.82) is 0 Å². The summed E-state index contributed by atoms with van der Waals surface area (Å²) in [5.74, 6) is -0.350. The molecule has 1 aromatic heterocycles. The van der Waals surface area contributed by atoms with Crippen molar-refractivity contribution in [3.63, 3.8) is 0 Å². The molecular weight excluding hydrogens is 344 g/mol. The van der Waals surface area contributed by atoms with Gasteiger partial charge in [-0.3, -0.25) is 14.4 Å². The van der Waals surface area contributed by atoms with Gasteiger partial charge in [-0.25, -0.2) is 0 Å². The molecule has 4 rings (SSSR count). The maximum atomic E-state index is 12.7. The van der Waals surface area contributed by atoms with E-state index in [0.717, 1.165) is 23.7 Å². The molecule has 1 aromatic carbocycles. The summed E-state index contributed by atoms with van der Waals surface area (Å²) in [7, 11) is 0. The van der Waals surface area contributed by atoms with Crippen LogP contribution in [0.4, 0.5) is 0 Å². The molecule has 1 unspecified atom stereocenters. The fourth-order valence-electron chi connectivity index (χ4n) is 3.89. The average Bonchev–Trinajstić information content (AvgIpc) is 3.07. The number of carbonyl (C=O) groups is 3. The minimum Gasteiger partial charge on any atom is -0.349 e. The number of hydrogen-bond donors (Lipinski definition) is 2. The normalized spacial score (nSPS) is 19.3. The first-order valence-electron chi connectivity index (χ1n) is 9.20. The summed E-state index contributed by atoms with van der Waals surface area (Å²) in [4.78, 5) is 38.3. The third-order valence-corrected chi connectivity index (χ3v) is 5.26. The van der Waals surface area contributed by atoms with Crippen LogP contribution in [0.15, 0.2) is 36.9 Å². The van der Waals surface area contributed by atoms with Crippen LogP contribution >= 0.6 is 0 Å². The van der Waals surface area contributed by atoms with Crippen LogP contribution in [0.25, 0.3) is 10.9 Å². The van der Waals surface area contributed by atoms with Crippen LogP contribution in [-0.2, 0) is 11.3 Å². The predicted octanol–water partition coefficient (Wildman–Crippen LogP) is 1.29. The molecule has 2 aliphatic rings. The van der Waals surface area contributed by atoms with Crippen LogP contribution in [-0.4, -0.2) is 52.9 Å². The number of piperidine rings is 1. The SMILES string of the molecule is C=CC(=O)N1CCCC(NC(=O)c2ccc3cc4n(c3c2)CCNC4=O)C1. The highest BCUT2D eigenvalue weighted by atomic mass is 16.2. The van der Waals surface area contributed by atoms with Crippen LogP contribution in [0.5, 0.6) is 0 Å². The van der Waals surface area contributed by atoms with Gasteiger partial charge in [0.1, 0.15) is 5.69 Å². The van der Waals surface area contributed by atoms with Crippen molar-refractivity contribution < 1.29 is 14.4 Å². The Morgan fingerprint density at radius 1 is 1.26 bits per heavy atom. The van der Waals surface area contributed by atoms with E-state index in [1.54, 1.807) is 11.0 Å². The van der Waals surface area contributed by atoms with Gasteiger partial charge in [0.25, 0.3) is 11.8 Å². The van der Waals surface area contributed by atoms with Crippen molar-refractivity contribution in [3.8, 4) is 0 Å². The van der Waals surface area contributed by atoms with Gasteiger partial charge in [0.05, 0.1) is 0 Å². The van der Waals surface area contributed by atoms with Gasteiger partial charge in [-0.15, -0.1) is 0 Å². The smallest absolute Gasteiger partial charge is 0.268 e. The maximum absolute atomic E-state index is 12.7. The summed E-state index contributed by atoms with van der Waals surface area (Å²) in [6.07, 6.45) is 3.00. The lowest BCUT2D eigenvalue weighted by molar-refractivity contribution is -0.127. The second-order valence-electron chi connectivity index (χ2n) is 7.01. The molecule has 3 amide bonds. The van der Waals surface area contributed by atoms with Crippen molar-refractivity contribution >= 4 is 28.6 Å². The zero-order chi connectivity index (χ0) is 19.0. The van der Waals surface area contributed by atoms with E-state index in [1.807, 2.05) is 22.8 Å². The third kappa shape index (κ3) is 3.20. The van der Waals surface area contributed by atoms with E-state index in [4.69, 9.17) is 0 Å². The van der Waals surface area contributed by atoms with Crippen LogP contribution in [0.2, 0.25) is 0 Å². The lowest BCUT2D eigenvalue weighted by Crippen LogP contribution is -2.49. The molecule has 0 spiro atoms. The second kappa shape index (κ2) is 6.90. The fourth-order valence-corrected chi connectivity index (χ4v) is 3.89. The molecule has 2 aromatic rings. The van der Waals surface area contributed by atoms with Crippen LogP contribution in [0.1, 0.15) is 33.7 Å². The minimum absolute atomic E-state index is 0.0714. The Bertz CT molecular complexity index is 946. The van der Waals surface area contributed by atoms with E-state index in [-0.39, 0.29) is 23.8 Å². The van der Waals surface area contributed by atoms with Crippen molar-refractivity contribution in [2.45, 2.75) is 25.4 Å². The van der Waals surface area contributed by atoms with Crippen molar-refractivity contribution in [3.05, 3.63) is 48.2 Å². The highest BCUT2D eigenvalue weighted by Crippen LogP contribution is 2.23. The maximum Gasteiger partial charge on any atom is 0.268 e. The van der Waals surface area contributed by atoms with E-state index < -0.39 is 0 Å². The molecule has 2 N–H and O–H groups in total. The van der Waals surface area contributed by atoms with E-state index in [9.17, 15) is 14.4 Å². The third-order valence-electron chi connectivity index (χ3n) is 5.26. The summed E-state index contributed by atoms with van der Waals surface area (Å²) >= 11 is 0. The lowest BCUT2D eigenvalue weighted by atomic mass is 10.0. The first-order valence-corrected chi connectivity index (χ1v) is 9.20. The highest BCUT2D eigenvalue weighted by Gasteiger charge is 2.24. The Kier molecular flexibility index (Phi) is 4.43. The zero-order valence-electron chi connectivity index (χ0n) is 15.0. The summed E-state index contributed by atoms with van der Waals surface area (Å²) in [5.41, 5.74) is 2.07. The van der Waals surface area contributed by atoms with E-state index in [0.29, 0.717) is 37.4 Å². The molecule has 1 saturated heterocycles. The molecule has 0 saturated carbocycles. The van der Waals surface area contributed by atoms with Gasteiger partial charge in [0.2, 0.25) is 5.91 Å². The molecule has 0 radical (unpaired) electrons. The van der Waals surface area contributed by atoms with Crippen molar-refractivity contribution in [2.75, 3.05) is 19.6 Å². The summed E-state index contributed by atoms with van der Waals surface area (Å²) in [6, 6.07) is 7.26. The van der Waals surface area contributed by atoms with Crippen LogP contribution in [0, 0.1) is 0 Å². The molecule has 140 valence electrons. The van der Waals surface area contributed by atoms with E-state index in [2.05, 4.69) is 17.2 Å². The molecule has 7 nitrogen and oxygen atoms in total. The molecule has 0 aliphatic carbocycles. The van der Waals surface area contributed by atoms with E-state index >= 15 is 0 Å². The average molecular weight is 366 g/mol. The molecule has 7 heteroatoms. The number of rotatable bonds is 3. The molecule has 1 fully saturated rings. The number of nitrogens with zero attached hydrogens (tertiary/aromatic N) is 2. The van der Waals surface area contributed by atoms with Gasteiger partial charge >= 0.3 is 0 Å². The lowest BCUT2D eigenvalue weighted by Gasteiger charge is -2.32. The molecule has 3 heterocycles. The Hall–Kier alpha value is -3.09. The monoisotopic (exact) mass is 366 g/mol. The van der Waals surface area contributed by atoms with Gasteiger partial charge < -0.3 is 20.1 Å². The molecule has 0 bridgehead atoms. The van der Waals surface area contributed by atoms with Crippen LogP contribution < -0.4 is 10.6 Å². The topological polar surface area (TPSA) is 83.4 Å². The van der Waals surface area contributed by atoms with Gasteiger partial charge in [-0.1, -0.05) is 12.6 Å². The Morgan fingerprint density at radius 3 is 2.93 bits per heavy atom. The number of likely N-dealkylation sites (tertiary alicyclic amines) is 1. The molecule has 2 aliphatic heterocycles. The number of carbonyl (C=O) groups excluding carboxylic acids is 3. The largest absolute Gasteiger partial charge is 0.349 e. The number of amides is 3. The Labute approximate surface area is 157 Å². The molecule has 27 heavy (non-hydrogen) atoms. The first-order chi connectivity index (χ1) is 13.1. The molecule has 1 atom stereocenters. The number of benzene rings is 1. The van der Waals surface area contributed by atoms with Crippen molar-refractivity contribution in [2.24, 2.45) is 0 Å². The van der Waals surface area contributed by atoms with E-state index in [1.165, 1.54) is 6.08 Å². The highest BCUT2D eigenvalue weighted by molar-refractivity contribution is 6.02. The Morgan fingerprint density at radius 2 is 2.11 bits per heavy atom. The number of fused-ring (bicyclic) bond motifs is 3. The minimum atomic E-state index is -0.161. The van der Waals surface area contributed by atoms with Crippen LogP contribution in [0.3, 0.4) is 0 Å². The van der Waals surface area contributed by atoms with Crippen molar-refractivity contribution in [1.82, 2.24) is 20.1 Å². The number of hydrogen-bond acceptors (Lipinski definition) is 3. The zero-order valence-corrected chi connectivity index (χ0v) is 15.0. The summed E-state index contributed by atoms with van der Waals surface area (Å²) in [6.45, 7) is 6.00. The summed E-state index contributed by atoms with van der Waals surface area (Å²) in [5, 5.41) is 6.81. The first kappa shape index (κ1) is 17.3. The van der Waals surface area contributed by atoms with Gasteiger partial charge in [0, 0.05) is 48.7 Å². The number of nitrogens with one attached hydrogen (secondary N) is 2. The standard InChI is InChI=1S/C20H22N4O3/c1-2-18(25)23-8-3-4-15(12-23)22-19(26)14-6-5-13-10-17-20(27)21-7-9-24(17)16(13)11-14/h2,5-6,10-11,15H,1,3-4,7-9,12H2,(H,21,27)(H,22,26). The number of aromatic nitrogens is 1. The van der Waals surface area contributed by atoms with Gasteiger partial charge in [0.15, 0.2) is 0 Å². The predicted molar refractivity (Wildman–Crippen MR) is 102 cm³/mol. The summed E-state index contributed by atoms with van der Waals surface area (Å²) < 4.78 is 1.95.